The average Bonchev–Trinajstić information content (AvgIpc) is 2.88. The lowest BCUT2D eigenvalue weighted by molar-refractivity contribution is 0.0995. The molecule has 0 saturated carbocycles. The molecule has 0 aliphatic rings. The highest BCUT2D eigenvalue weighted by atomic mass is 35.5. The van der Waals surface area contributed by atoms with Crippen LogP contribution in [0.4, 0.5) is 5.69 Å². The third kappa shape index (κ3) is 3.63. The molecule has 21 heavy (non-hydrogen) atoms. The van der Waals surface area contributed by atoms with Gasteiger partial charge in [0.05, 0.1) is 22.2 Å². The largest absolute Gasteiger partial charge is 0.455 e. The molecular weight excluding hydrogens is 316 g/mol. The van der Waals surface area contributed by atoms with Crippen molar-refractivity contribution in [1.82, 2.24) is 0 Å². The monoisotopic (exact) mass is 328 g/mol. The van der Waals surface area contributed by atoms with Gasteiger partial charge in [0.2, 0.25) is 0 Å². The summed E-state index contributed by atoms with van der Waals surface area (Å²) in [5.41, 5.74) is 5.58. The number of nitrogens with two attached hydrogens (primary N) is 1. The second-order valence-electron chi connectivity index (χ2n) is 4.34. The summed E-state index contributed by atoms with van der Waals surface area (Å²) < 4.78 is 28.2. The number of nitrogens with one attached hydrogen (secondary N) is 1. The molecule has 6 nitrogen and oxygen atoms in total. The molecule has 2 rings (SSSR count). The van der Waals surface area contributed by atoms with Crippen LogP contribution in [0.1, 0.15) is 16.3 Å². The molecule has 1 amide bonds. The molecule has 3 N–H and O–H groups in total. The van der Waals surface area contributed by atoms with Gasteiger partial charge in [0, 0.05) is 6.26 Å². The number of anilines is 1. The molecule has 0 spiro atoms. The lowest BCUT2D eigenvalue weighted by Crippen LogP contribution is -2.12. The highest BCUT2D eigenvalue weighted by Crippen LogP contribution is 2.26. The van der Waals surface area contributed by atoms with Crippen molar-refractivity contribution in [1.29, 1.82) is 0 Å². The van der Waals surface area contributed by atoms with E-state index in [1.165, 1.54) is 24.3 Å². The normalized spacial score (nSPS) is 11.4. The lowest BCUT2D eigenvalue weighted by Gasteiger charge is -2.07. The Labute approximate surface area is 126 Å². The van der Waals surface area contributed by atoms with Crippen LogP contribution in [0.15, 0.2) is 39.6 Å². The number of amides is 1. The van der Waals surface area contributed by atoms with Crippen LogP contribution in [0.2, 0.25) is 5.02 Å². The molecule has 0 bridgehead atoms. The van der Waals surface area contributed by atoms with Crippen molar-refractivity contribution in [3.8, 4) is 0 Å². The molecule has 0 aliphatic heterocycles. The molecule has 8 heteroatoms. The van der Waals surface area contributed by atoms with Gasteiger partial charge in [-0.2, -0.15) is 0 Å². The fourth-order valence-corrected chi connectivity index (χ4v) is 2.44. The Balaban J connectivity index is 2.28. The van der Waals surface area contributed by atoms with Gasteiger partial charge in [-0.25, -0.2) is 8.42 Å². The third-order valence-electron chi connectivity index (χ3n) is 2.70. The zero-order valence-electron chi connectivity index (χ0n) is 11.1. The van der Waals surface area contributed by atoms with Crippen molar-refractivity contribution in [2.45, 2.75) is 11.4 Å². The summed E-state index contributed by atoms with van der Waals surface area (Å²) >= 11 is 5.95. The Bertz CT molecular complexity index is 783. The number of carbonyl (C=O) groups excluding carboxylic acids is 1. The van der Waals surface area contributed by atoms with Crippen molar-refractivity contribution in [3.63, 3.8) is 0 Å². The van der Waals surface area contributed by atoms with Gasteiger partial charge in [-0.15, -0.1) is 0 Å². The van der Waals surface area contributed by atoms with E-state index in [0.717, 1.165) is 6.26 Å². The first-order valence-electron chi connectivity index (χ1n) is 5.91. The van der Waals surface area contributed by atoms with Gasteiger partial charge in [0.15, 0.2) is 15.6 Å². The Hall–Kier alpha value is -1.83. The minimum atomic E-state index is -3.39. The number of furan rings is 1. The number of sulfone groups is 1. The first-order valence-corrected chi connectivity index (χ1v) is 8.18. The van der Waals surface area contributed by atoms with Crippen molar-refractivity contribution in [2.75, 3.05) is 11.6 Å². The SMILES string of the molecule is CS(=O)(=O)c1ccc(Cl)c(NC(=O)c2ccc(CN)o2)c1. The van der Waals surface area contributed by atoms with Gasteiger partial charge in [-0.3, -0.25) is 4.79 Å². The molecule has 0 radical (unpaired) electrons. The van der Waals surface area contributed by atoms with Crippen LogP contribution in [-0.4, -0.2) is 20.6 Å². The summed E-state index contributed by atoms with van der Waals surface area (Å²) in [6.07, 6.45) is 1.07. The van der Waals surface area contributed by atoms with Gasteiger partial charge < -0.3 is 15.5 Å². The lowest BCUT2D eigenvalue weighted by atomic mass is 10.3. The van der Waals surface area contributed by atoms with Crippen LogP contribution in [0.3, 0.4) is 0 Å². The van der Waals surface area contributed by atoms with E-state index in [4.69, 9.17) is 21.8 Å². The van der Waals surface area contributed by atoms with E-state index in [9.17, 15) is 13.2 Å². The molecule has 0 unspecified atom stereocenters. The van der Waals surface area contributed by atoms with Crippen LogP contribution < -0.4 is 11.1 Å². The Morgan fingerprint density at radius 3 is 2.62 bits per heavy atom. The first kappa shape index (κ1) is 15.6. The molecule has 1 aromatic carbocycles. The highest BCUT2D eigenvalue weighted by Gasteiger charge is 2.15. The molecule has 1 aromatic heterocycles. The van der Waals surface area contributed by atoms with Gasteiger partial charge in [0.1, 0.15) is 5.76 Å². The second-order valence-corrected chi connectivity index (χ2v) is 6.76. The van der Waals surface area contributed by atoms with Gasteiger partial charge in [-0.05, 0) is 30.3 Å². The zero-order chi connectivity index (χ0) is 15.6. The zero-order valence-corrected chi connectivity index (χ0v) is 12.7. The van der Waals surface area contributed by atoms with E-state index < -0.39 is 15.7 Å². The number of benzene rings is 1. The highest BCUT2D eigenvalue weighted by molar-refractivity contribution is 7.90. The van der Waals surface area contributed by atoms with Crippen LogP contribution in [0.5, 0.6) is 0 Å². The first-order chi connectivity index (χ1) is 9.81. The fourth-order valence-electron chi connectivity index (χ4n) is 1.62. The topological polar surface area (TPSA) is 102 Å². The molecule has 1 heterocycles. The standard InChI is InChI=1S/C13H13ClN2O4S/c1-21(18,19)9-3-4-10(14)11(6-9)16-13(17)12-5-2-8(7-15)20-12/h2-6H,7,15H2,1H3,(H,16,17). The summed E-state index contributed by atoms with van der Waals surface area (Å²) in [4.78, 5) is 12.1. The minimum absolute atomic E-state index is 0.0595. The number of rotatable bonds is 4. The van der Waals surface area contributed by atoms with E-state index in [2.05, 4.69) is 5.32 Å². The quantitative estimate of drug-likeness (QED) is 0.894. The van der Waals surface area contributed by atoms with E-state index in [0.29, 0.717) is 5.76 Å². The van der Waals surface area contributed by atoms with Gasteiger partial charge in [-0.1, -0.05) is 11.6 Å². The Kier molecular flexibility index (Phi) is 4.36. The average molecular weight is 329 g/mol. The van der Waals surface area contributed by atoms with Crippen LogP contribution in [0.25, 0.3) is 0 Å². The van der Waals surface area contributed by atoms with Crippen molar-refractivity contribution in [2.24, 2.45) is 5.73 Å². The molecule has 0 atom stereocenters. The van der Waals surface area contributed by atoms with E-state index >= 15 is 0 Å². The summed E-state index contributed by atoms with van der Waals surface area (Å²) in [6.45, 7) is 0.178. The van der Waals surface area contributed by atoms with Crippen LogP contribution in [0, 0.1) is 0 Å². The smallest absolute Gasteiger partial charge is 0.291 e. The number of halogens is 1. The molecule has 0 aliphatic carbocycles. The fraction of sp³-hybridized carbons (Fsp3) is 0.154. The van der Waals surface area contributed by atoms with E-state index in [1.54, 1.807) is 6.07 Å². The maximum Gasteiger partial charge on any atom is 0.291 e. The molecular formula is C13H13ClN2O4S. The van der Waals surface area contributed by atoms with E-state index in [-0.39, 0.29) is 27.9 Å². The molecule has 0 saturated heterocycles. The second kappa shape index (κ2) is 5.88. The minimum Gasteiger partial charge on any atom is -0.455 e. The Morgan fingerprint density at radius 2 is 2.05 bits per heavy atom. The number of carbonyl (C=O) groups is 1. The molecule has 112 valence electrons. The Morgan fingerprint density at radius 1 is 1.33 bits per heavy atom. The summed E-state index contributed by atoms with van der Waals surface area (Å²) in [7, 11) is -3.39. The summed E-state index contributed by atoms with van der Waals surface area (Å²) in [5.74, 6) is -0.00494. The maximum atomic E-state index is 12.0. The number of hydrogen-bond donors (Lipinski definition) is 2. The predicted octanol–water partition coefficient (Wildman–Crippen LogP) is 2.05. The number of hydrogen-bond acceptors (Lipinski definition) is 5. The van der Waals surface area contributed by atoms with Crippen molar-refractivity contribution >= 4 is 33.0 Å². The molecule has 2 aromatic rings. The predicted molar refractivity (Wildman–Crippen MR) is 79.1 cm³/mol. The van der Waals surface area contributed by atoms with Gasteiger partial charge >= 0.3 is 0 Å². The van der Waals surface area contributed by atoms with Crippen molar-refractivity contribution in [3.05, 3.63) is 46.9 Å². The third-order valence-corrected chi connectivity index (χ3v) is 4.14. The summed E-state index contributed by atoms with van der Waals surface area (Å²) in [5, 5.41) is 2.73. The van der Waals surface area contributed by atoms with Crippen LogP contribution in [-0.2, 0) is 16.4 Å². The van der Waals surface area contributed by atoms with Crippen LogP contribution >= 0.6 is 11.6 Å². The van der Waals surface area contributed by atoms with E-state index in [1.807, 2.05) is 0 Å². The molecule has 0 fully saturated rings. The van der Waals surface area contributed by atoms with Gasteiger partial charge in [0.25, 0.3) is 5.91 Å². The summed E-state index contributed by atoms with van der Waals surface area (Å²) in [6, 6.07) is 7.13. The van der Waals surface area contributed by atoms with Crippen molar-refractivity contribution < 1.29 is 17.6 Å². The maximum absolute atomic E-state index is 12.0.